The van der Waals surface area contributed by atoms with Crippen LogP contribution in [0.3, 0.4) is 0 Å². The highest BCUT2D eigenvalue weighted by Crippen LogP contribution is 2.29. The SMILES string of the molecule is Cc1ccccc1CN(C)C(=O)CN1CCN(C(=O)c2ccc(C(F)(F)F)cc2)CC1. The van der Waals surface area contributed by atoms with Crippen molar-refractivity contribution in [2.24, 2.45) is 0 Å². The first kappa shape index (κ1) is 22.8. The highest BCUT2D eigenvalue weighted by atomic mass is 19.4. The van der Waals surface area contributed by atoms with Gasteiger partial charge >= 0.3 is 6.18 Å². The Morgan fingerprint density at radius 2 is 1.58 bits per heavy atom. The lowest BCUT2D eigenvalue weighted by molar-refractivity contribution is -0.137. The van der Waals surface area contributed by atoms with Gasteiger partial charge in [-0.2, -0.15) is 13.2 Å². The number of amides is 2. The van der Waals surface area contributed by atoms with Crippen molar-refractivity contribution in [3.8, 4) is 0 Å². The predicted octanol–water partition coefficient (Wildman–Crippen LogP) is 3.43. The Hall–Kier alpha value is -2.87. The molecule has 0 radical (unpaired) electrons. The van der Waals surface area contributed by atoms with Gasteiger partial charge in [-0.15, -0.1) is 0 Å². The summed E-state index contributed by atoms with van der Waals surface area (Å²) in [6, 6.07) is 12.2. The zero-order valence-corrected chi connectivity index (χ0v) is 17.7. The zero-order chi connectivity index (χ0) is 22.6. The lowest BCUT2D eigenvalue weighted by atomic mass is 10.1. The van der Waals surface area contributed by atoms with Gasteiger partial charge in [-0.1, -0.05) is 24.3 Å². The van der Waals surface area contributed by atoms with E-state index in [9.17, 15) is 22.8 Å². The van der Waals surface area contributed by atoms with Crippen molar-refractivity contribution in [1.29, 1.82) is 0 Å². The monoisotopic (exact) mass is 433 g/mol. The maximum absolute atomic E-state index is 12.7. The van der Waals surface area contributed by atoms with Crippen LogP contribution in [0.2, 0.25) is 0 Å². The minimum Gasteiger partial charge on any atom is -0.340 e. The Bertz CT molecular complexity index is 920. The number of likely N-dealkylation sites (N-methyl/N-ethyl adjacent to an activating group) is 1. The lowest BCUT2D eigenvalue weighted by Crippen LogP contribution is -2.51. The number of carbonyl (C=O) groups is 2. The normalized spacial score (nSPS) is 15.1. The van der Waals surface area contributed by atoms with Crippen LogP contribution in [0.25, 0.3) is 0 Å². The van der Waals surface area contributed by atoms with Crippen molar-refractivity contribution < 1.29 is 22.8 Å². The molecule has 8 heteroatoms. The molecule has 1 fully saturated rings. The predicted molar refractivity (Wildman–Crippen MR) is 111 cm³/mol. The summed E-state index contributed by atoms with van der Waals surface area (Å²) in [6.45, 7) is 4.75. The molecule has 0 atom stereocenters. The quantitative estimate of drug-likeness (QED) is 0.726. The molecule has 0 bridgehead atoms. The third-order valence-corrected chi connectivity index (χ3v) is 5.57. The molecule has 2 aromatic rings. The van der Waals surface area contributed by atoms with Gasteiger partial charge in [0.2, 0.25) is 5.91 Å². The Morgan fingerprint density at radius 1 is 0.968 bits per heavy atom. The molecule has 0 aromatic heterocycles. The van der Waals surface area contributed by atoms with E-state index < -0.39 is 11.7 Å². The van der Waals surface area contributed by atoms with E-state index in [4.69, 9.17) is 0 Å². The molecule has 5 nitrogen and oxygen atoms in total. The van der Waals surface area contributed by atoms with Crippen LogP contribution < -0.4 is 0 Å². The molecular formula is C23H26F3N3O2. The number of aryl methyl sites for hydroxylation is 1. The van der Waals surface area contributed by atoms with Gasteiger partial charge < -0.3 is 9.80 Å². The molecule has 0 aliphatic carbocycles. The average molecular weight is 433 g/mol. The highest BCUT2D eigenvalue weighted by Gasteiger charge is 2.31. The molecule has 2 amide bonds. The summed E-state index contributed by atoms with van der Waals surface area (Å²) in [6.07, 6.45) is -4.42. The fourth-order valence-electron chi connectivity index (χ4n) is 3.54. The molecule has 1 aliphatic rings. The van der Waals surface area contributed by atoms with Crippen LogP contribution in [-0.2, 0) is 17.5 Å². The van der Waals surface area contributed by atoms with E-state index in [-0.39, 0.29) is 23.9 Å². The van der Waals surface area contributed by atoms with Gasteiger partial charge in [0.15, 0.2) is 0 Å². The number of carbonyl (C=O) groups excluding carboxylic acids is 2. The molecule has 2 aromatic carbocycles. The van der Waals surface area contributed by atoms with E-state index in [0.29, 0.717) is 32.7 Å². The van der Waals surface area contributed by atoms with Gasteiger partial charge in [-0.05, 0) is 42.3 Å². The minimum atomic E-state index is -4.42. The summed E-state index contributed by atoms with van der Waals surface area (Å²) < 4.78 is 38.1. The van der Waals surface area contributed by atoms with Crippen LogP contribution in [0.4, 0.5) is 13.2 Å². The van der Waals surface area contributed by atoms with Gasteiger partial charge in [0, 0.05) is 45.3 Å². The molecule has 0 spiro atoms. The molecule has 3 rings (SSSR count). The number of nitrogens with zero attached hydrogens (tertiary/aromatic N) is 3. The minimum absolute atomic E-state index is 0.00534. The Labute approximate surface area is 180 Å². The van der Waals surface area contributed by atoms with E-state index in [0.717, 1.165) is 23.3 Å². The molecule has 1 heterocycles. The van der Waals surface area contributed by atoms with E-state index in [1.807, 2.05) is 36.1 Å². The molecule has 0 unspecified atom stereocenters. The van der Waals surface area contributed by atoms with E-state index in [2.05, 4.69) is 0 Å². The molecular weight excluding hydrogens is 407 g/mol. The topological polar surface area (TPSA) is 43.9 Å². The first-order valence-electron chi connectivity index (χ1n) is 10.1. The maximum atomic E-state index is 12.7. The number of halogens is 3. The van der Waals surface area contributed by atoms with Crippen molar-refractivity contribution >= 4 is 11.8 Å². The van der Waals surface area contributed by atoms with Crippen LogP contribution in [0.1, 0.15) is 27.0 Å². The first-order valence-corrected chi connectivity index (χ1v) is 10.1. The van der Waals surface area contributed by atoms with Crippen molar-refractivity contribution in [2.45, 2.75) is 19.6 Å². The summed E-state index contributed by atoms with van der Waals surface area (Å²) in [7, 11) is 1.78. The third kappa shape index (κ3) is 5.85. The summed E-state index contributed by atoms with van der Waals surface area (Å²) in [5, 5.41) is 0. The molecule has 0 N–H and O–H groups in total. The molecule has 1 aliphatic heterocycles. The smallest absolute Gasteiger partial charge is 0.340 e. The number of rotatable bonds is 5. The zero-order valence-electron chi connectivity index (χ0n) is 17.7. The summed E-state index contributed by atoms with van der Waals surface area (Å²) in [4.78, 5) is 30.5. The fourth-order valence-corrected chi connectivity index (χ4v) is 3.54. The van der Waals surface area contributed by atoms with Gasteiger partial charge in [0.05, 0.1) is 12.1 Å². The molecule has 166 valence electrons. The van der Waals surface area contributed by atoms with Gasteiger partial charge in [0.1, 0.15) is 0 Å². The number of benzene rings is 2. The van der Waals surface area contributed by atoms with Crippen LogP contribution in [0.15, 0.2) is 48.5 Å². The van der Waals surface area contributed by atoms with Crippen molar-refractivity contribution in [3.05, 3.63) is 70.8 Å². The van der Waals surface area contributed by atoms with E-state index in [1.165, 1.54) is 12.1 Å². The Balaban J connectivity index is 1.49. The maximum Gasteiger partial charge on any atom is 0.416 e. The highest BCUT2D eigenvalue weighted by molar-refractivity contribution is 5.94. The van der Waals surface area contributed by atoms with Crippen LogP contribution >= 0.6 is 0 Å². The second-order valence-electron chi connectivity index (χ2n) is 7.82. The second-order valence-corrected chi connectivity index (χ2v) is 7.82. The number of hydrogen-bond donors (Lipinski definition) is 0. The van der Waals surface area contributed by atoms with Crippen molar-refractivity contribution in [1.82, 2.24) is 14.7 Å². The second kappa shape index (κ2) is 9.51. The van der Waals surface area contributed by atoms with Gasteiger partial charge in [0.25, 0.3) is 5.91 Å². The largest absolute Gasteiger partial charge is 0.416 e. The number of alkyl halides is 3. The molecule has 1 saturated heterocycles. The van der Waals surface area contributed by atoms with E-state index >= 15 is 0 Å². The molecule has 31 heavy (non-hydrogen) atoms. The van der Waals surface area contributed by atoms with Crippen LogP contribution in [0.5, 0.6) is 0 Å². The molecule has 0 saturated carbocycles. The number of piperazine rings is 1. The lowest BCUT2D eigenvalue weighted by Gasteiger charge is -2.35. The fraction of sp³-hybridized carbons (Fsp3) is 0.391. The standard InChI is InChI=1S/C23H26F3N3O2/c1-17-5-3-4-6-19(17)15-27(2)21(30)16-28-11-13-29(14-12-28)22(31)18-7-9-20(10-8-18)23(24,25)26/h3-10H,11-16H2,1-2H3. The third-order valence-electron chi connectivity index (χ3n) is 5.57. The van der Waals surface area contributed by atoms with Gasteiger partial charge in [-0.3, -0.25) is 14.5 Å². The van der Waals surface area contributed by atoms with Gasteiger partial charge in [-0.25, -0.2) is 0 Å². The van der Waals surface area contributed by atoms with Crippen LogP contribution in [-0.4, -0.2) is 66.3 Å². The van der Waals surface area contributed by atoms with E-state index in [1.54, 1.807) is 16.8 Å². The average Bonchev–Trinajstić information content (AvgIpc) is 2.75. The number of hydrogen-bond acceptors (Lipinski definition) is 3. The Morgan fingerprint density at radius 3 is 2.16 bits per heavy atom. The van der Waals surface area contributed by atoms with Crippen LogP contribution in [0, 0.1) is 6.92 Å². The summed E-state index contributed by atoms with van der Waals surface area (Å²) in [5.41, 5.74) is 1.69. The van der Waals surface area contributed by atoms with Crippen molar-refractivity contribution in [3.63, 3.8) is 0 Å². The van der Waals surface area contributed by atoms with Crippen molar-refractivity contribution in [2.75, 3.05) is 39.8 Å². The Kier molecular flexibility index (Phi) is 7.00. The summed E-state index contributed by atoms with van der Waals surface area (Å²) in [5.74, 6) is -0.290. The summed E-state index contributed by atoms with van der Waals surface area (Å²) >= 11 is 0. The first-order chi connectivity index (χ1) is 14.6.